The van der Waals surface area contributed by atoms with Crippen molar-refractivity contribution in [3.05, 3.63) is 29.8 Å². The molecular weight excluding hydrogens is 268 g/mol. The molecule has 114 valence electrons. The Kier molecular flexibility index (Phi) is 4.96. The average Bonchev–Trinajstić information content (AvgIpc) is 2.78. The zero-order chi connectivity index (χ0) is 15.4. The zero-order valence-electron chi connectivity index (χ0n) is 12.5. The van der Waals surface area contributed by atoms with Gasteiger partial charge in [0.05, 0.1) is 6.54 Å². The van der Waals surface area contributed by atoms with Gasteiger partial charge in [-0.2, -0.15) is 0 Å². The largest absolute Gasteiger partial charge is 0.480 e. The minimum Gasteiger partial charge on any atom is -0.480 e. The highest BCUT2D eigenvalue weighted by Gasteiger charge is 2.30. The summed E-state index contributed by atoms with van der Waals surface area (Å²) >= 11 is 0. The molecule has 1 aromatic rings. The minimum atomic E-state index is -0.903. The van der Waals surface area contributed by atoms with E-state index in [2.05, 4.69) is 5.32 Å². The first-order valence-electron chi connectivity index (χ1n) is 7.40. The third-order valence-electron chi connectivity index (χ3n) is 3.85. The quantitative estimate of drug-likeness (QED) is 0.838. The predicted octanol–water partition coefficient (Wildman–Crippen LogP) is 1.81. The molecule has 1 amide bonds. The first-order chi connectivity index (χ1) is 10.0. The third kappa shape index (κ3) is 3.42. The molecule has 0 aliphatic carbocycles. The molecule has 0 saturated heterocycles. The van der Waals surface area contributed by atoms with E-state index >= 15 is 0 Å². The molecule has 1 aromatic carbocycles. The van der Waals surface area contributed by atoms with Crippen LogP contribution in [0.4, 0.5) is 5.69 Å². The molecule has 0 fully saturated rings. The molecule has 21 heavy (non-hydrogen) atoms. The first kappa shape index (κ1) is 15.5. The second-order valence-corrected chi connectivity index (χ2v) is 5.51. The molecule has 0 spiro atoms. The number of carboxylic acid groups (broad SMARTS) is 1. The van der Waals surface area contributed by atoms with Gasteiger partial charge in [-0.25, -0.2) is 0 Å². The Bertz CT molecular complexity index is 530. The fourth-order valence-corrected chi connectivity index (χ4v) is 2.84. The summed E-state index contributed by atoms with van der Waals surface area (Å²) in [7, 11) is 0. The highest BCUT2D eigenvalue weighted by atomic mass is 16.4. The number of rotatable bonds is 6. The molecule has 2 atom stereocenters. The summed E-state index contributed by atoms with van der Waals surface area (Å²) in [6.07, 6.45) is 2.13. The maximum Gasteiger partial charge on any atom is 0.320 e. The summed E-state index contributed by atoms with van der Waals surface area (Å²) in [6, 6.07) is 7.32. The van der Waals surface area contributed by atoms with Crippen LogP contribution in [-0.2, 0) is 16.0 Å². The van der Waals surface area contributed by atoms with E-state index in [0.29, 0.717) is 6.42 Å². The van der Waals surface area contributed by atoms with Gasteiger partial charge in [0.2, 0.25) is 5.91 Å². The molecule has 0 bridgehead atoms. The average molecular weight is 290 g/mol. The van der Waals surface area contributed by atoms with Gasteiger partial charge >= 0.3 is 5.97 Å². The van der Waals surface area contributed by atoms with E-state index in [1.165, 1.54) is 5.56 Å². The Hall–Kier alpha value is -1.88. The van der Waals surface area contributed by atoms with E-state index in [-0.39, 0.29) is 18.5 Å². The minimum absolute atomic E-state index is 0.0512. The maximum atomic E-state index is 12.4. The molecule has 0 saturated carbocycles. The number of hydrogen-bond acceptors (Lipinski definition) is 3. The number of hydrogen-bond donors (Lipinski definition) is 2. The van der Waals surface area contributed by atoms with Crippen LogP contribution in [0, 0.1) is 0 Å². The standard InChI is InChI=1S/C16H22N2O3/c1-3-6-13(16(20)21)17-10-15(19)18-11(2)9-12-7-4-5-8-14(12)18/h4-5,7-8,11,13,17H,3,6,9-10H2,1-2H3,(H,20,21)/t11-,13-/m1/s1. The topological polar surface area (TPSA) is 69.6 Å². The number of carbonyl (C=O) groups is 2. The SMILES string of the molecule is CCC[C@@H](NCC(=O)N1c2ccccc2C[C@H]1C)C(=O)O. The van der Waals surface area contributed by atoms with Gasteiger partial charge in [0.15, 0.2) is 0 Å². The summed E-state index contributed by atoms with van der Waals surface area (Å²) in [5, 5.41) is 12.0. The van der Waals surface area contributed by atoms with Crippen molar-refractivity contribution < 1.29 is 14.7 Å². The Balaban J connectivity index is 2.02. The summed E-state index contributed by atoms with van der Waals surface area (Å²) < 4.78 is 0. The Morgan fingerprint density at radius 2 is 2.14 bits per heavy atom. The number of para-hydroxylation sites is 1. The van der Waals surface area contributed by atoms with Crippen LogP contribution in [0.3, 0.4) is 0 Å². The van der Waals surface area contributed by atoms with E-state index in [1.54, 1.807) is 4.90 Å². The number of carbonyl (C=O) groups excluding carboxylic acids is 1. The Morgan fingerprint density at radius 1 is 1.43 bits per heavy atom. The lowest BCUT2D eigenvalue weighted by Gasteiger charge is -2.24. The van der Waals surface area contributed by atoms with E-state index in [0.717, 1.165) is 18.5 Å². The van der Waals surface area contributed by atoms with Crippen LogP contribution >= 0.6 is 0 Å². The van der Waals surface area contributed by atoms with Gasteiger partial charge in [-0.15, -0.1) is 0 Å². The Labute approximate surface area is 125 Å². The van der Waals surface area contributed by atoms with Crippen LogP contribution in [0.2, 0.25) is 0 Å². The van der Waals surface area contributed by atoms with Gasteiger partial charge in [-0.05, 0) is 31.4 Å². The fraction of sp³-hybridized carbons (Fsp3) is 0.500. The van der Waals surface area contributed by atoms with E-state index in [9.17, 15) is 9.59 Å². The van der Waals surface area contributed by atoms with Crippen molar-refractivity contribution in [2.24, 2.45) is 0 Å². The first-order valence-corrected chi connectivity index (χ1v) is 7.40. The van der Waals surface area contributed by atoms with Crippen molar-refractivity contribution in [3.8, 4) is 0 Å². The highest BCUT2D eigenvalue weighted by molar-refractivity contribution is 5.97. The monoisotopic (exact) mass is 290 g/mol. The van der Waals surface area contributed by atoms with Gasteiger partial charge < -0.3 is 10.0 Å². The van der Waals surface area contributed by atoms with Crippen LogP contribution < -0.4 is 10.2 Å². The fourth-order valence-electron chi connectivity index (χ4n) is 2.84. The molecule has 0 aromatic heterocycles. The molecule has 5 heteroatoms. The zero-order valence-corrected chi connectivity index (χ0v) is 12.5. The molecule has 2 N–H and O–H groups in total. The van der Waals surface area contributed by atoms with Crippen LogP contribution in [-0.4, -0.2) is 35.6 Å². The summed E-state index contributed by atoms with van der Waals surface area (Å²) in [6.45, 7) is 3.99. The predicted molar refractivity (Wildman–Crippen MR) is 81.4 cm³/mol. The van der Waals surface area contributed by atoms with Gasteiger partial charge in [-0.3, -0.25) is 14.9 Å². The summed E-state index contributed by atoms with van der Waals surface area (Å²) in [4.78, 5) is 25.3. The third-order valence-corrected chi connectivity index (χ3v) is 3.85. The van der Waals surface area contributed by atoms with Crippen molar-refractivity contribution in [2.75, 3.05) is 11.4 Å². The second kappa shape index (κ2) is 6.72. The van der Waals surface area contributed by atoms with Crippen LogP contribution in [0.25, 0.3) is 0 Å². The highest BCUT2D eigenvalue weighted by Crippen LogP contribution is 2.31. The van der Waals surface area contributed by atoms with Crippen LogP contribution in [0.15, 0.2) is 24.3 Å². The van der Waals surface area contributed by atoms with Crippen LogP contribution in [0.5, 0.6) is 0 Å². The molecule has 0 radical (unpaired) electrons. The van der Waals surface area contributed by atoms with E-state index in [1.807, 2.05) is 38.1 Å². The van der Waals surface area contributed by atoms with Crippen molar-refractivity contribution in [1.82, 2.24) is 5.32 Å². The number of aliphatic carboxylic acids is 1. The normalized spacial score (nSPS) is 18.4. The molecular formula is C16H22N2O3. The molecule has 1 aliphatic rings. The van der Waals surface area contributed by atoms with Crippen molar-refractivity contribution in [1.29, 1.82) is 0 Å². The number of carboxylic acids is 1. The molecule has 1 heterocycles. The number of amides is 1. The van der Waals surface area contributed by atoms with Crippen molar-refractivity contribution in [3.63, 3.8) is 0 Å². The summed E-state index contributed by atoms with van der Waals surface area (Å²) in [5.41, 5.74) is 2.11. The van der Waals surface area contributed by atoms with Gasteiger partial charge in [0.1, 0.15) is 6.04 Å². The van der Waals surface area contributed by atoms with Gasteiger partial charge in [0, 0.05) is 11.7 Å². The van der Waals surface area contributed by atoms with E-state index in [4.69, 9.17) is 5.11 Å². The second-order valence-electron chi connectivity index (χ2n) is 5.51. The maximum absolute atomic E-state index is 12.4. The van der Waals surface area contributed by atoms with E-state index < -0.39 is 12.0 Å². The lowest BCUT2D eigenvalue weighted by atomic mass is 10.1. The number of anilines is 1. The molecule has 5 nitrogen and oxygen atoms in total. The Morgan fingerprint density at radius 3 is 2.81 bits per heavy atom. The summed E-state index contributed by atoms with van der Waals surface area (Å²) in [5.74, 6) is -0.977. The lowest BCUT2D eigenvalue weighted by molar-refractivity contribution is -0.139. The molecule has 0 unspecified atom stereocenters. The van der Waals surface area contributed by atoms with Gasteiger partial charge in [-0.1, -0.05) is 31.5 Å². The van der Waals surface area contributed by atoms with Crippen molar-refractivity contribution in [2.45, 2.75) is 45.2 Å². The number of fused-ring (bicyclic) bond motifs is 1. The lowest BCUT2D eigenvalue weighted by Crippen LogP contribution is -2.46. The number of nitrogens with zero attached hydrogens (tertiary/aromatic N) is 1. The van der Waals surface area contributed by atoms with Crippen LogP contribution in [0.1, 0.15) is 32.3 Å². The van der Waals surface area contributed by atoms with Gasteiger partial charge in [0.25, 0.3) is 0 Å². The number of benzene rings is 1. The number of nitrogens with one attached hydrogen (secondary N) is 1. The smallest absolute Gasteiger partial charge is 0.320 e. The van der Waals surface area contributed by atoms with Crippen molar-refractivity contribution >= 4 is 17.6 Å². The molecule has 2 rings (SSSR count). The molecule has 1 aliphatic heterocycles.